The fourth-order valence-electron chi connectivity index (χ4n) is 2.00. The van der Waals surface area contributed by atoms with E-state index in [-0.39, 0.29) is 6.42 Å². The van der Waals surface area contributed by atoms with Gasteiger partial charge in [0.1, 0.15) is 0 Å². The molecule has 1 atom stereocenters. The summed E-state index contributed by atoms with van der Waals surface area (Å²) in [6.07, 6.45) is 23.3. The van der Waals surface area contributed by atoms with E-state index in [4.69, 9.17) is 5.26 Å². The van der Waals surface area contributed by atoms with Gasteiger partial charge in [-0.3, -0.25) is 0 Å². The van der Waals surface area contributed by atoms with Gasteiger partial charge >= 0.3 is 5.97 Å². The molecule has 0 radical (unpaired) electrons. The van der Waals surface area contributed by atoms with Crippen LogP contribution in [0.3, 0.4) is 0 Å². The van der Waals surface area contributed by atoms with Crippen LogP contribution in [0.25, 0.3) is 0 Å². The number of aliphatic hydroxyl groups excluding tert-OH is 1. The van der Waals surface area contributed by atoms with Gasteiger partial charge in [-0.1, -0.05) is 68.4 Å². The molecule has 2 N–H and O–H groups in total. The van der Waals surface area contributed by atoms with Crippen LogP contribution in [0.1, 0.15) is 64.7 Å². The number of aliphatic hydroxyl groups is 1. The maximum absolute atomic E-state index is 10.7. The van der Waals surface area contributed by atoms with Gasteiger partial charge in [-0.05, 0) is 38.5 Å². The van der Waals surface area contributed by atoms with E-state index < -0.39 is 12.1 Å². The maximum Gasteiger partial charge on any atom is 0.342 e. The molecule has 0 spiro atoms. The van der Waals surface area contributed by atoms with Gasteiger partial charge in [0.25, 0.3) is 0 Å². The lowest BCUT2D eigenvalue weighted by molar-refractivity contribution is -0.234. The number of unbranched alkanes of at least 4 members (excludes halogenated alkanes) is 4. The molecule has 136 valence electrons. The van der Waals surface area contributed by atoms with Crippen molar-refractivity contribution in [1.82, 2.24) is 0 Å². The molecule has 0 saturated carbocycles. The van der Waals surface area contributed by atoms with Gasteiger partial charge in [-0.25, -0.2) is 4.79 Å². The minimum atomic E-state index is -0.617. The van der Waals surface area contributed by atoms with Crippen molar-refractivity contribution in [3.05, 3.63) is 48.6 Å². The van der Waals surface area contributed by atoms with Crippen LogP contribution in [-0.2, 0) is 9.68 Å². The van der Waals surface area contributed by atoms with E-state index in [0.717, 1.165) is 19.3 Å². The minimum Gasteiger partial charge on any atom is -0.389 e. The van der Waals surface area contributed by atoms with Crippen LogP contribution in [0.15, 0.2) is 48.6 Å². The zero-order chi connectivity index (χ0) is 17.9. The highest BCUT2D eigenvalue weighted by atomic mass is 17.1. The molecular formula is C20H32O4. The Morgan fingerprint density at radius 3 is 2.50 bits per heavy atom. The highest BCUT2D eigenvalue weighted by Gasteiger charge is 1.99. The van der Waals surface area contributed by atoms with Crippen molar-refractivity contribution in [2.45, 2.75) is 70.8 Å². The summed E-state index contributed by atoms with van der Waals surface area (Å²) in [5, 5.41) is 17.8. The Morgan fingerprint density at radius 1 is 1.00 bits per heavy atom. The Kier molecular flexibility index (Phi) is 16.5. The SMILES string of the molecule is CCCCC/C=C\C/C=C\C=C\[C@H](O)C/C=C\CCCC(=O)OO. The average molecular weight is 336 g/mol. The van der Waals surface area contributed by atoms with Crippen molar-refractivity contribution in [3.8, 4) is 0 Å². The summed E-state index contributed by atoms with van der Waals surface area (Å²) in [6, 6.07) is 0. The number of carbonyl (C=O) groups excluding carboxylic acids is 1. The van der Waals surface area contributed by atoms with Crippen LogP contribution in [0, 0.1) is 0 Å². The second kappa shape index (κ2) is 17.7. The summed E-state index contributed by atoms with van der Waals surface area (Å²) in [7, 11) is 0. The van der Waals surface area contributed by atoms with Crippen molar-refractivity contribution < 1.29 is 20.0 Å². The number of allylic oxidation sites excluding steroid dienone is 6. The average Bonchev–Trinajstić information content (AvgIpc) is 2.59. The van der Waals surface area contributed by atoms with Crippen LogP contribution < -0.4 is 0 Å². The summed E-state index contributed by atoms with van der Waals surface area (Å²) >= 11 is 0. The van der Waals surface area contributed by atoms with Gasteiger partial charge in [0.2, 0.25) is 0 Å². The van der Waals surface area contributed by atoms with Gasteiger partial charge in [0.05, 0.1) is 6.10 Å². The highest BCUT2D eigenvalue weighted by molar-refractivity contribution is 5.68. The third-order valence-electron chi connectivity index (χ3n) is 3.39. The van der Waals surface area contributed by atoms with Crippen molar-refractivity contribution in [3.63, 3.8) is 0 Å². The zero-order valence-electron chi connectivity index (χ0n) is 14.8. The molecule has 0 fully saturated rings. The van der Waals surface area contributed by atoms with E-state index in [1.807, 2.05) is 24.3 Å². The first-order chi connectivity index (χ1) is 11.7. The molecule has 0 aromatic heterocycles. The quantitative estimate of drug-likeness (QED) is 0.152. The van der Waals surface area contributed by atoms with Gasteiger partial charge in [-0.15, -0.1) is 0 Å². The molecular weight excluding hydrogens is 304 g/mol. The molecule has 0 aliphatic heterocycles. The Morgan fingerprint density at radius 2 is 1.75 bits per heavy atom. The lowest BCUT2D eigenvalue weighted by Crippen LogP contribution is -2.00. The molecule has 0 aliphatic carbocycles. The zero-order valence-corrected chi connectivity index (χ0v) is 14.8. The molecule has 0 unspecified atom stereocenters. The molecule has 0 aromatic rings. The molecule has 0 amide bonds. The second-order valence-electron chi connectivity index (χ2n) is 5.65. The third kappa shape index (κ3) is 16.7. The third-order valence-corrected chi connectivity index (χ3v) is 3.39. The van der Waals surface area contributed by atoms with Gasteiger partial charge in [-0.2, -0.15) is 5.26 Å². The van der Waals surface area contributed by atoms with Crippen LogP contribution in [-0.4, -0.2) is 22.4 Å². The molecule has 0 saturated heterocycles. The first-order valence-electron chi connectivity index (χ1n) is 8.86. The lowest BCUT2D eigenvalue weighted by Gasteiger charge is -1.99. The number of rotatable bonds is 14. The Bertz CT molecular complexity index is 408. The van der Waals surface area contributed by atoms with E-state index in [2.05, 4.69) is 30.0 Å². The number of hydrogen-bond acceptors (Lipinski definition) is 4. The number of hydrogen-bond donors (Lipinski definition) is 2. The van der Waals surface area contributed by atoms with Gasteiger partial charge < -0.3 is 9.99 Å². The fourth-order valence-corrected chi connectivity index (χ4v) is 2.00. The summed E-state index contributed by atoms with van der Waals surface area (Å²) in [5.74, 6) is -0.617. The van der Waals surface area contributed by atoms with Crippen LogP contribution in [0.4, 0.5) is 0 Å². The monoisotopic (exact) mass is 336 g/mol. The van der Waals surface area contributed by atoms with Gasteiger partial charge in [0.15, 0.2) is 0 Å². The predicted octanol–water partition coefficient (Wildman–Crippen LogP) is 5.12. The Hall–Kier alpha value is -1.65. The van der Waals surface area contributed by atoms with E-state index in [1.54, 1.807) is 6.08 Å². The molecule has 24 heavy (non-hydrogen) atoms. The van der Waals surface area contributed by atoms with Crippen LogP contribution >= 0.6 is 0 Å². The maximum atomic E-state index is 10.7. The van der Waals surface area contributed by atoms with E-state index in [1.165, 1.54) is 19.3 Å². The van der Waals surface area contributed by atoms with Crippen molar-refractivity contribution in [2.24, 2.45) is 0 Å². The van der Waals surface area contributed by atoms with Gasteiger partial charge in [0, 0.05) is 6.42 Å². The van der Waals surface area contributed by atoms with Crippen LogP contribution in [0.2, 0.25) is 0 Å². The topological polar surface area (TPSA) is 66.8 Å². The van der Waals surface area contributed by atoms with E-state index in [9.17, 15) is 9.90 Å². The van der Waals surface area contributed by atoms with Crippen molar-refractivity contribution >= 4 is 5.97 Å². The normalized spacial score (nSPS) is 13.6. The molecule has 0 rings (SSSR count). The highest BCUT2D eigenvalue weighted by Crippen LogP contribution is 2.02. The predicted molar refractivity (Wildman–Crippen MR) is 98.5 cm³/mol. The Labute approximate surface area is 146 Å². The molecule has 0 aliphatic rings. The summed E-state index contributed by atoms with van der Waals surface area (Å²) < 4.78 is 0. The van der Waals surface area contributed by atoms with E-state index >= 15 is 0 Å². The molecule has 0 aromatic carbocycles. The lowest BCUT2D eigenvalue weighted by atomic mass is 10.2. The molecule has 4 nitrogen and oxygen atoms in total. The Balaban J connectivity index is 3.64. The number of carbonyl (C=O) groups is 1. The smallest absolute Gasteiger partial charge is 0.342 e. The second-order valence-corrected chi connectivity index (χ2v) is 5.65. The molecule has 4 heteroatoms. The fraction of sp³-hybridized carbons (Fsp3) is 0.550. The first-order valence-corrected chi connectivity index (χ1v) is 8.86. The van der Waals surface area contributed by atoms with E-state index in [0.29, 0.717) is 12.8 Å². The summed E-state index contributed by atoms with van der Waals surface area (Å²) in [5.41, 5.74) is 0. The summed E-state index contributed by atoms with van der Waals surface area (Å²) in [4.78, 5) is 14.2. The molecule has 0 bridgehead atoms. The van der Waals surface area contributed by atoms with Crippen molar-refractivity contribution in [1.29, 1.82) is 0 Å². The standard InChI is InChI=1S/C20H32O4/c1-2-3-4-5-6-7-8-9-10-13-16-19(21)17-14-11-12-15-18-20(22)24-23/h6-7,9-11,13-14,16,19,21,23H,2-5,8,12,15,17-18H2,1H3/b7-6-,10-9-,14-11-,16-13+/t19-/m0/s1. The largest absolute Gasteiger partial charge is 0.389 e. The first kappa shape index (κ1) is 22.4. The minimum absolute atomic E-state index is 0.196. The van der Waals surface area contributed by atoms with Crippen LogP contribution in [0.5, 0.6) is 0 Å². The molecule has 0 heterocycles. The van der Waals surface area contributed by atoms with Crippen molar-refractivity contribution in [2.75, 3.05) is 0 Å². The summed E-state index contributed by atoms with van der Waals surface area (Å²) in [6.45, 7) is 2.21.